The van der Waals surface area contributed by atoms with Crippen LogP contribution in [0.2, 0.25) is 0 Å². The minimum Gasteiger partial charge on any atom is -0.496 e. The molecule has 1 aromatic heterocycles. The lowest BCUT2D eigenvalue weighted by Crippen LogP contribution is -2.31. The van der Waals surface area contributed by atoms with Crippen molar-refractivity contribution >= 4 is 0 Å². The van der Waals surface area contributed by atoms with Crippen molar-refractivity contribution in [3.63, 3.8) is 0 Å². The first-order valence-electron chi connectivity index (χ1n) is 7.55. The lowest BCUT2D eigenvalue weighted by atomic mass is 9.90. The number of hydrogen-bond acceptors (Lipinski definition) is 3. The maximum Gasteiger partial charge on any atom is 0.122 e. The highest BCUT2D eigenvalue weighted by molar-refractivity contribution is 5.47. The fraction of sp³-hybridized carbons (Fsp3) is 0.471. The standard InChI is InChI=1S/C17H23N3O/c1-10(2)12-8-13(11(3)7-15(12)21-4)16-17-14(5-6-18-16)19-9-20-17/h7-10,16,18H,5-6H2,1-4H3,(H,19,20)/t16-/m1/s1. The molecule has 0 saturated heterocycles. The van der Waals surface area contributed by atoms with E-state index in [2.05, 4.69) is 48.2 Å². The van der Waals surface area contributed by atoms with Gasteiger partial charge in [0.05, 0.1) is 25.2 Å². The van der Waals surface area contributed by atoms with Crippen molar-refractivity contribution in [2.24, 2.45) is 0 Å². The number of methoxy groups -OCH3 is 1. The van der Waals surface area contributed by atoms with E-state index in [9.17, 15) is 0 Å². The third-order valence-corrected chi connectivity index (χ3v) is 4.30. The van der Waals surface area contributed by atoms with Gasteiger partial charge in [0.15, 0.2) is 0 Å². The molecule has 1 aliphatic rings. The summed E-state index contributed by atoms with van der Waals surface area (Å²) < 4.78 is 5.54. The number of fused-ring (bicyclic) bond motifs is 1. The van der Waals surface area contributed by atoms with Crippen LogP contribution in [0.15, 0.2) is 18.5 Å². The minimum absolute atomic E-state index is 0.170. The van der Waals surface area contributed by atoms with Crippen molar-refractivity contribution < 1.29 is 4.74 Å². The third-order valence-electron chi connectivity index (χ3n) is 4.30. The average molecular weight is 285 g/mol. The van der Waals surface area contributed by atoms with Crippen molar-refractivity contribution in [3.05, 3.63) is 46.5 Å². The summed E-state index contributed by atoms with van der Waals surface area (Å²) in [6.45, 7) is 7.52. The Morgan fingerprint density at radius 3 is 2.86 bits per heavy atom. The SMILES string of the molecule is COc1cc(C)c([C@H]2NCCc3[nH]cnc32)cc1C(C)C. The van der Waals surface area contributed by atoms with E-state index in [4.69, 9.17) is 4.74 Å². The van der Waals surface area contributed by atoms with Crippen LogP contribution in [0.3, 0.4) is 0 Å². The zero-order valence-corrected chi connectivity index (χ0v) is 13.2. The number of benzene rings is 1. The molecule has 4 nitrogen and oxygen atoms in total. The number of aromatic amines is 1. The van der Waals surface area contributed by atoms with Crippen LogP contribution < -0.4 is 10.1 Å². The smallest absolute Gasteiger partial charge is 0.122 e. The second-order valence-electron chi connectivity index (χ2n) is 6.01. The molecule has 112 valence electrons. The topological polar surface area (TPSA) is 49.9 Å². The van der Waals surface area contributed by atoms with Gasteiger partial charge in [0.1, 0.15) is 5.75 Å². The van der Waals surface area contributed by atoms with Gasteiger partial charge in [0.25, 0.3) is 0 Å². The first-order valence-corrected chi connectivity index (χ1v) is 7.55. The fourth-order valence-electron chi connectivity index (χ4n) is 3.13. The highest BCUT2D eigenvalue weighted by Crippen LogP contribution is 2.35. The molecule has 0 bridgehead atoms. The van der Waals surface area contributed by atoms with E-state index in [1.807, 2.05) is 0 Å². The predicted molar refractivity (Wildman–Crippen MR) is 84.0 cm³/mol. The van der Waals surface area contributed by atoms with Gasteiger partial charge in [0, 0.05) is 18.7 Å². The first kappa shape index (κ1) is 14.1. The molecule has 2 N–H and O–H groups in total. The molecule has 4 heteroatoms. The van der Waals surface area contributed by atoms with Crippen LogP contribution in [0.1, 0.15) is 53.9 Å². The minimum atomic E-state index is 0.170. The number of H-pyrrole nitrogens is 1. The van der Waals surface area contributed by atoms with Crippen LogP contribution in [0.4, 0.5) is 0 Å². The van der Waals surface area contributed by atoms with E-state index in [1.165, 1.54) is 22.4 Å². The van der Waals surface area contributed by atoms with E-state index < -0.39 is 0 Å². The summed E-state index contributed by atoms with van der Waals surface area (Å²) in [7, 11) is 1.74. The van der Waals surface area contributed by atoms with E-state index >= 15 is 0 Å². The molecule has 2 aromatic rings. The van der Waals surface area contributed by atoms with Crippen molar-refractivity contribution in [1.82, 2.24) is 15.3 Å². The van der Waals surface area contributed by atoms with Crippen LogP contribution in [0.5, 0.6) is 5.75 Å². The van der Waals surface area contributed by atoms with Crippen molar-refractivity contribution in [2.75, 3.05) is 13.7 Å². The molecular formula is C17H23N3O. The molecule has 0 spiro atoms. The summed E-state index contributed by atoms with van der Waals surface area (Å²) in [6.07, 6.45) is 2.81. The van der Waals surface area contributed by atoms with Crippen molar-refractivity contribution in [1.29, 1.82) is 0 Å². The highest BCUT2D eigenvalue weighted by Gasteiger charge is 2.26. The first-order chi connectivity index (χ1) is 10.1. The van der Waals surface area contributed by atoms with Crippen molar-refractivity contribution in [2.45, 2.75) is 39.2 Å². The molecule has 0 unspecified atom stereocenters. The summed E-state index contributed by atoms with van der Waals surface area (Å²) in [5, 5.41) is 3.60. The number of nitrogens with zero attached hydrogens (tertiary/aromatic N) is 1. The normalized spacial score (nSPS) is 17.9. The summed E-state index contributed by atoms with van der Waals surface area (Å²) in [4.78, 5) is 7.78. The Bertz CT molecular complexity index is 645. The number of aromatic nitrogens is 2. The molecule has 0 aliphatic carbocycles. The van der Waals surface area contributed by atoms with Crippen LogP contribution in [-0.4, -0.2) is 23.6 Å². The number of rotatable bonds is 3. The number of hydrogen-bond donors (Lipinski definition) is 2. The number of nitrogens with one attached hydrogen (secondary N) is 2. The lowest BCUT2D eigenvalue weighted by Gasteiger charge is -2.26. The van der Waals surface area contributed by atoms with Gasteiger partial charge in [-0.1, -0.05) is 13.8 Å². The average Bonchev–Trinajstić information content (AvgIpc) is 2.95. The van der Waals surface area contributed by atoms with Gasteiger partial charge >= 0.3 is 0 Å². The Labute approximate surface area is 125 Å². The quantitative estimate of drug-likeness (QED) is 0.911. The largest absolute Gasteiger partial charge is 0.496 e. The van der Waals surface area contributed by atoms with E-state index in [1.54, 1.807) is 13.4 Å². The van der Waals surface area contributed by atoms with Crippen molar-refractivity contribution in [3.8, 4) is 5.75 Å². The molecule has 1 atom stereocenters. The Balaban J connectivity index is 2.10. The van der Waals surface area contributed by atoms with Gasteiger partial charge in [-0.3, -0.25) is 0 Å². The molecule has 2 heterocycles. The lowest BCUT2D eigenvalue weighted by molar-refractivity contribution is 0.406. The van der Waals surface area contributed by atoms with E-state index in [-0.39, 0.29) is 6.04 Å². The Hall–Kier alpha value is -1.81. The van der Waals surface area contributed by atoms with Crippen LogP contribution >= 0.6 is 0 Å². The maximum atomic E-state index is 5.54. The summed E-state index contributed by atoms with van der Waals surface area (Å²) in [6, 6.07) is 4.59. The fourth-order valence-corrected chi connectivity index (χ4v) is 3.13. The molecule has 3 rings (SSSR count). The highest BCUT2D eigenvalue weighted by atomic mass is 16.5. The monoisotopic (exact) mass is 285 g/mol. The van der Waals surface area contributed by atoms with Gasteiger partial charge in [-0.2, -0.15) is 0 Å². The molecule has 1 aromatic carbocycles. The third kappa shape index (κ3) is 2.44. The summed E-state index contributed by atoms with van der Waals surface area (Å²) >= 11 is 0. The van der Waals surface area contributed by atoms with Crippen LogP contribution in [0, 0.1) is 6.92 Å². The second kappa shape index (κ2) is 5.53. The second-order valence-corrected chi connectivity index (χ2v) is 6.01. The summed E-state index contributed by atoms with van der Waals surface area (Å²) in [5.41, 5.74) is 6.17. The van der Waals surface area contributed by atoms with Gasteiger partial charge in [-0.25, -0.2) is 4.98 Å². The Kier molecular flexibility index (Phi) is 3.72. The van der Waals surface area contributed by atoms with E-state index in [0.717, 1.165) is 24.4 Å². The summed E-state index contributed by atoms with van der Waals surface area (Å²) in [5.74, 6) is 1.41. The molecule has 0 fully saturated rings. The Morgan fingerprint density at radius 1 is 1.33 bits per heavy atom. The predicted octanol–water partition coefficient (Wildman–Crippen LogP) is 3.09. The zero-order valence-electron chi connectivity index (χ0n) is 13.2. The molecule has 0 radical (unpaired) electrons. The molecule has 1 aliphatic heterocycles. The van der Waals surface area contributed by atoms with Crippen LogP contribution in [-0.2, 0) is 6.42 Å². The van der Waals surface area contributed by atoms with Gasteiger partial charge in [0.2, 0.25) is 0 Å². The number of aryl methyl sites for hydroxylation is 1. The molecule has 0 amide bonds. The molecular weight excluding hydrogens is 262 g/mol. The zero-order chi connectivity index (χ0) is 15.0. The Morgan fingerprint density at radius 2 is 2.14 bits per heavy atom. The number of imidazole rings is 1. The maximum absolute atomic E-state index is 5.54. The molecule has 0 saturated carbocycles. The van der Waals surface area contributed by atoms with E-state index in [0.29, 0.717) is 5.92 Å². The number of ether oxygens (including phenoxy) is 1. The van der Waals surface area contributed by atoms with Crippen LogP contribution in [0.25, 0.3) is 0 Å². The van der Waals surface area contributed by atoms with Gasteiger partial charge in [-0.05, 0) is 41.7 Å². The van der Waals surface area contributed by atoms with Gasteiger partial charge in [-0.15, -0.1) is 0 Å². The van der Waals surface area contributed by atoms with Gasteiger partial charge < -0.3 is 15.0 Å². The molecule has 21 heavy (non-hydrogen) atoms.